The summed E-state index contributed by atoms with van der Waals surface area (Å²) in [7, 11) is 1.64. The summed E-state index contributed by atoms with van der Waals surface area (Å²) in [6.45, 7) is 2.15. The van der Waals surface area contributed by atoms with Crippen LogP contribution in [-0.4, -0.2) is 29.7 Å². The van der Waals surface area contributed by atoms with Crippen molar-refractivity contribution in [1.82, 2.24) is 9.97 Å². The summed E-state index contributed by atoms with van der Waals surface area (Å²) < 4.78 is 12.3. The van der Waals surface area contributed by atoms with Gasteiger partial charge in [0.05, 0.1) is 39.7 Å². The molecule has 132 valence electrons. The fraction of sp³-hybridized carbons (Fsp3) is 0.167. The first-order valence-corrected chi connectivity index (χ1v) is 9.59. The van der Waals surface area contributed by atoms with Gasteiger partial charge in [0.25, 0.3) is 0 Å². The van der Waals surface area contributed by atoms with E-state index in [2.05, 4.69) is 15.3 Å². The van der Waals surface area contributed by atoms with Gasteiger partial charge in [-0.3, -0.25) is 0 Å². The first kappa shape index (κ1) is 16.7. The van der Waals surface area contributed by atoms with Crippen LogP contribution in [0.15, 0.2) is 36.4 Å². The van der Waals surface area contributed by atoms with E-state index in [1.54, 1.807) is 37.5 Å². The molecular formula is C18H15N3O3S2. The summed E-state index contributed by atoms with van der Waals surface area (Å²) in [5.41, 5.74) is 2.23. The van der Waals surface area contributed by atoms with E-state index in [0.29, 0.717) is 12.2 Å². The van der Waals surface area contributed by atoms with Gasteiger partial charge in [0, 0.05) is 6.07 Å². The molecule has 4 aromatic rings. The van der Waals surface area contributed by atoms with Crippen LogP contribution in [0.4, 0.5) is 10.3 Å². The topological polar surface area (TPSA) is 73.3 Å². The van der Waals surface area contributed by atoms with E-state index in [-0.39, 0.29) is 5.97 Å². The third-order valence-corrected chi connectivity index (χ3v) is 5.59. The minimum atomic E-state index is -0.322. The van der Waals surface area contributed by atoms with Gasteiger partial charge in [-0.05, 0) is 37.3 Å². The summed E-state index contributed by atoms with van der Waals surface area (Å²) in [6, 6.07) is 11.2. The Morgan fingerprint density at radius 3 is 2.58 bits per heavy atom. The number of fused-ring (bicyclic) bond motifs is 2. The van der Waals surface area contributed by atoms with Crippen molar-refractivity contribution in [2.24, 2.45) is 0 Å². The van der Waals surface area contributed by atoms with Gasteiger partial charge in [-0.2, -0.15) is 0 Å². The second-order valence-electron chi connectivity index (χ2n) is 5.40. The molecule has 6 nitrogen and oxygen atoms in total. The summed E-state index contributed by atoms with van der Waals surface area (Å²) in [4.78, 5) is 21.0. The molecule has 0 fully saturated rings. The van der Waals surface area contributed by atoms with E-state index >= 15 is 0 Å². The number of esters is 1. The maximum absolute atomic E-state index is 11.9. The van der Waals surface area contributed by atoms with E-state index < -0.39 is 0 Å². The van der Waals surface area contributed by atoms with Crippen LogP contribution in [0.25, 0.3) is 20.4 Å². The van der Waals surface area contributed by atoms with Crippen molar-refractivity contribution >= 4 is 59.3 Å². The first-order valence-electron chi connectivity index (χ1n) is 7.95. The van der Waals surface area contributed by atoms with Crippen LogP contribution in [0.2, 0.25) is 0 Å². The molecule has 2 aromatic carbocycles. The van der Waals surface area contributed by atoms with Gasteiger partial charge in [-0.25, -0.2) is 14.8 Å². The normalized spacial score (nSPS) is 11.0. The van der Waals surface area contributed by atoms with Crippen LogP contribution < -0.4 is 10.1 Å². The number of hydrogen-bond acceptors (Lipinski definition) is 8. The molecule has 2 heterocycles. The maximum atomic E-state index is 11.9. The number of carbonyl (C=O) groups is 1. The average Bonchev–Trinajstić information content (AvgIpc) is 3.23. The van der Waals surface area contributed by atoms with Gasteiger partial charge < -0.3 is 14.8 Å². The summed E-state index contributed by atoms with van der Waals surface area (Å²) >= 11 is 3.02. The molecule has 0 saturated carbocycles. The lowest BCUT2D eigenvalue weighted by molar-refractivity contribution is 0.0526. The number of anilines is 2. The highest BCUT2D eigenvalue weighted by Gasteiger charge is 2.12. The number of ether oxygens (including phenoxy) is 2. The number of aromatic nitrogens is 2. The lowest BCUT2D eigenvalue weighted by Crippen LogP contribution is -2.03. The minimum absolute atomic E-state index is 0.322. The third-order valence-electron chi connectivity index (χ3n) is 3.71. The van der Waals surface area contributed by atoms with Crippen molar-refractivity contribution in [2.75, 3.05) is 19.0 Å². The summed E-state index contributed by atoms with van der Waals surface area (Å²) in [6.07, 6.45) is 0. The van der Waals surface area contributed by atoms with Crippen LogP contribution in [0.5, 0.6) is 5.75 Å². The number of hydrogen-bond donors (Lipinski definition) is 1. The molecule has 0 saturated heterocycles. The lowest BCUT2D eigenvalue weighted by Gasteiger charge is -2.00. The third kappa shape index (κ3) is 3.21. The number of nitrogens with zero attached hydrogens (tertiary/aromatic N) is 2. The Labute approximate surface area is 157 Å². The second-order valence-corrected chi connectivity index (χ2v) is 7.46. The molecule has 0 amide bonds. The molecule has 2 aromatic heterocycles. The predicted molar refractivity (Wildman–Crippen MR) is 105 cm³/mol. The molecular weight excluding hydrogens is 370 g/mol. The van der Waals surface area contributed by atoms with Crippen molar-refractivity contribution in [2.45, 2.75) is 6.92 Å². The van der Waals surface area contributed by atoms with Crippen molar-refractivity contribution < 1.29 is 14.3 Å². The average molecular weight is 385 g/mol. The van der Waals surface area contributed by atoms with Crippen molar-refractivity contribution in [3.63, 3.8) is 0 Å². The molecule has 0 spiro atoms. The number of benzene rings is 2. The maximum Gasteiger partial charge on any atom is 0.338 e. The van der Waals surface area contributed by atoms with Gasteiger partial charge in [-0.1, -0.05) is 22.7 Å². The molecule has 0 radical (unpaired) electrons. The van der Waals surface area contributed by atoms with Crippen LogP contribution in [0.1, 0.15) is 17.3 Å². The smallest absolute Gasteiger partial charge is 0.338 e. The molecule has 0 atom stereocenters. The number of thiazole rings is 2. The molecule has 4 rings (SSSR count). The largest absolute Gasteiger partial charge is 0.497 e. The Morgan fingerprint density at radius 1 is 1.04 bits per heavy atom. The fourth-order valence-corrected chi connectivity index (χ4v) is 4.31. The van der Waals surface area contributed by atoms with Crippen LogP contribution in [0.3, 0.4) is 0 Å². The summed E-state index contributed by atoms with van der Waals surface area (Å²) in [5.74, 6) is 0.457. The van der Waals surface area contributed by atoms with Gasteiger partial charge in [0.15, 0.2) is 10.3 Å². The van der Waals surface area contributed by atoms with Crippen LogP contribution in [-0.2, 0) is 4.74 Å². The van der Waals surface area contributed by atoms with Gasteiger partial charge in [-0.15, -0.1) is 0 Å². The highest BCUT2D eigenvalue weighted by atomic mass is 32.1. The zero-order valence-corrected chi connectivity index (χ0v) is 15.7. The fourth-order valence-electron chi connectivity index (χ4n) is 2.50. The van der Waals surface area contributed by atoms with Crippen molar-refractivity contribution in [3.8, 4) is 5.75 Å². The van der Waals surface area contributed by atoms with E-state index in [0.717, 1.165) is 36.4 Å². The number of nitrogens with one attached hydrogen (secondary N) is 1. The van der Waals surface area contributed by atoms with E-state index in [1.165, 1.54) is 11.3 Å². The first-order chi connectivity index (χ1) is 12.7. The number of methoxy groups -OCH3 is 1. The Hall–Kier alpha value is -2.71. The Balaban J connectivity index is 1.61. The van der Waals surface area contributed by atoms with E-state index in [1.807, 2.05) is 24.3 Å². The Morgan fingerprint density at radius 2 is 1.81 bits per heavy atom. The molecule has 0 aliphatic rings. The zero-order chi connectivity index (χ0) is 18.1. The number of rotatable bonds is 5. The predicted octanol–water partition coefficient (Wildman–Crippen LogP) is 4.83. The molecule has 26 heavy (non-hydrogen) atoms. The molecule has 8 heteroatoms. The Bertz CT molecular complexity index is 1100. The highest BCUT2D eigenvalue weighted by molar-refractivity contribution is 7.24. The highest BCUT2D eigenvalue weighted by Crippen LogP contribution is 2.33. The zero-order valence-electron chi connectivity index (χ0n) is 14.1. The molecule has 0 aliphatic carbocycles. The number of carbonyl (C=O) groups excluding carboxylic acids is 1. The SMILES string of the molecule is CCOC(=O)c1ccc2nc(Nc3nc4cc(OC)ccc4s3)sc2c1. The Kier molecular flexibility index (Phi) is 4.44. The van der Waals surface area contributed by atoms with Gasteiger partial charge in [0.1, 0.15) is 5.75 Å². The quantitative estimate of drug-likeness (QED) is 0.496. The van der Waals surface area contributed by atoms with Crippen molar-refractivity contribution in [3.05, 3.63) is 42.0 Å². The van der Waals surface area contributed by atoms with Gasteiger partial charge in [0.2, 0.25) is 0 Å². The van der Waals surface area contributed by atoms with Gasteiger partial charge >= 0.3 is 5.97 Å². The molecule has 0 bridgehead atoms. The second kappa shape index (κ2) is 6.89. The monoisotopic (exact) mass is 385 g/mol. The molecule has 0 aliphatic heterocycles. The standard InChI is InChI=1S/C18H15N3O3S2/c1-3-24-16(22)10-4-6-12-15(8-10)26-17(19-12)21-18-20-13-9-11(23-2)5-7-14(13)25-18/h4-9H,3H2,1-2H3,(H,19,20,21). The molecule has 1 N–H and O–H groups in total. The van der Waals surface area contributed by atoms with Crippen LogP contribution in [0, 0.1) is 0 Å². The lowest BCUT2D eigenvalue weighted by atomic mass is 10.2. The van der Waals surface area contributed by atoms with E-state index in [4.69, 9.17) is 9.47 Å². The summed E-state index contributed by atoms with van der Waals surface area (Å²) in [5, 5.41) is 4.74. The molecule has 0 unspecified atom stereocenters. The van der Waals surface area contributed by atoms with Crippen molar-refractivity contribution in [1.29, 1.82) is 0 Å². The van der Waals surface area contributed by atoms with Crippen LogP contribution >= 0.6 is 22.7 Å². The minimum Gasteiger partial charge on any atom is -0.497 e. The van der Waals surface area contributed by atoms with E-state index in [9.17, 15) is 4.79 Å².